The van der Waals surface area contributed by atoms with Crippen LogP contribution in [0.2, 0.25) is 0 Å². The van der Waals surface area contributed by atoms with Gasteiger partial charge in [-0.25, -0.2) is 0 Å². The van der Waals surface area contributed by atoms with Gasteiger partial charge in [-0.05, 0) is 35.3 Å². The van der Waals surface area contributed by atoms with E-state index < -0.39 is 0 Å². The second-order valence-corrected chi connectivity index (χ2v) is 5.42. The molecule has 0 aliphatic carbocycles. The second-order valence-electron chi connectivity index (χ2n) is 5.42. The zero-order valence-corrected chi connectivity index (χ0v) is 10.7. The van der Waals surface area contributed by atoms with E-state index >= 15 is 0 Å². The van der Waals surface area contributed by atoms with Gasteiger partial charge in [0, 0.05) is 0 Å². The summed E-state index contributed by atoms with van der Waals surface area (Å²) >= 11 is 0. The van der Waals surface area contributed by atoms with Gasteiger partial charge in [-0.1, -0.05) is 58.9 Å². The molecule has 0 amide bonds. The molecule has 0 bridgehead atoms. The first-order chi connectivity index (χ1) is 6.95. The summed E-state index contributed by atoms with van der Waals surface area (Å²) in [5.41, 5.74) is 3.15. The highest BCUT2D eigenvalue weighted by Gasteiger charge is 2.14. The van der Waals surface area contributed by atoms with E-state index in [1.54, 1.807) is 0 Å². The van der Waals surface area contributed by atoms with Crippen LogP contribution in [0.3, 0.4) is 0 Å². The monoisotopic (exact) mass is 203 g/mol. The van der Waals surface area contributed by atoms with Gasteiger partial charge in [0.1, 0.15) is 0 Å². The third-order valence-electron chi connectivity index (χ3n) is 2.91. The molecule has 0 N–H and O–H groups in total. The number of hydrogen-bond acceptors (Lipinski definition) is 0. The fraction of sp³-hybridized carbons (Fsp3) is 0.533. The lowest BCUT2D eigenvalue weighted by molar-refractivity contribution is 0.587. The third kappa shape index (κ3) is 3.37. The Hall–Kier alpha value is -0.780. The first kappa shape index (κ1) is 12.3. The SMILES string of the molecule is C[CH]CC(C)c1cccc(C(C)(C)C)c1. The molecule has 0 heteroatoms. The Labute approximate surface area is 94.7 Å². The standard InChI is InChI=1S/C15H23/c1-6-8-12(2)13-9-7-10-14(11-13)15(3,4)5/h6-7,9-12H,8H2,1-5H3. The Morgan fingerprint density at radius 1 is 1.27 bits per heavy atom. The molecule has 1 unspecified atom stereocenters. The lowest BCUT2D eigenvalue weighted by Gasteiger charge is -2.21. The molecular formula is C15H23. The normalized spacial score (nSPS) is 13.9. The van der Waals surface area contributed by atoms with Crippen LogP contribution in [0.4, 0.5) is 0 Å². The van der Waals surface area contributed by atoms with Crippen molar-refractivity contribution in [1.82, 2.24) is 0 Å². The summed E-state index contributed by atoms with van der Waals surface area (Å²) in [5.74, 6) is 0.636. The zero-order valence-electron chi connectivity index (χ0n) is 10.7. The van der Waals surface area contributed by atoms with E-state index in [0.717, 1.165) is 6.42 Å². The van der Waals surface area contributed by atoms with Crippen molar-refractivity contribution < 1.29 is 0 Å². The van der Waals surface area contributed by atoms with Crippen molar-refractivity contribution in [2.45, 2.75) is 52.4 Å². The fourth-order valence-corrected chi connectivity index (χ4v) is 1.80. The average molecular weight is 203 g/mol. The van der Waals surface area contributed by atoms with Gasteiger partial charge in [0.05, 0.1) is 0 Å². The summed E-state index contributed by atoms with van der Waals surface area (Å²) in [6.07, 6.45) is 3.40. The highest BCUT2D eigenvalue weighted by atomic mass is 14.2. The van der Waals surface area contributed by atoms with E-state index in [9.17, 15) is 0 Å². The van der Waals surface area contributed by atoms with Crippen molar-refractivity contribution in [3.8, 4) is 0 Å². The maximum atomic E-state index is 2.36. The minimum absolute atomic E-state index is 0.256. The van der Waals surface area contributed by atoms with Gasteiger partial charge in [-0.15, -0.1) is 0 Å². The average Bonchev–Trinajstić information content (AvgIpc) is 2.17. The minimum Gasteiger partial charge on any atom is -0.0622 e. The first-order valence-corrected chi connectivity index (χ1v) is 5.83. The second kappa shape index (κ2) is 4.83. The Balaban J connectivity index is 2.92. The Morgan fingerprint density at radius 2 is 1.93 bits per heavy atom. The van der Waals surface area contributed by atoms with Crippen LogP contribution in [0, 0.1) is 6.42 Å². The first-order valence-electron chi connectivity index (χ1n) is 5.83. The van der Waals surface area contributed by atoms with Crippen molar-refractivity contribution in [2.75, 3.05) is 0 Å². The molecule has 0 aliphatic rings. The molecule has 0 saturated carbocycles. The van der Waals surface area contributed by atoms with E-state index in [4.69, 9.17) is 0 Å². The molecule has 0 fully saturated rings. The molecule has 0 saturated heterocycles. The predicted molar refractivity (Wildman–Crippen MR) is 68.1 cm³/mol. The molecule has 0 spiro atoms. The van der Waals surface area contributed by atoms with Gasteiger partial charge in [0.25, 0.3) is 0 Å². The van der Waals surface area contributed by atoms with Crippen LogP contribution < -0.4 is 0 Å². The molecule has 1 radical (unpaired) electrons. The van der Waals surface area contributed by atoms with Crippen molar-refractivity contribution in [3.05, 3.63) is 41.8 Å². The fourth-order valence-electron chi connectivity index (χ4n) is 1.80. The van der Waals surface area contributed by atoms with Crippen LogP contribution in [0.15, 0.2) is 24.3 Å². The quantitative estimate of drug-likeness (QED) is 0.668. The number of benzene rings is 1. The summed E-state index contributed by atoms with van der Waals surface area (Å²) in [6.45, 7) is 11.2. The van der Waals surface area contributed by atoms with Crippen molar-refractivity contribution in [3.63, 3.8) is 0 Å². The largest absolute Gasteiger partial charge is 0.0622 e. The maximum Gasteiger partial charge on any atom is -0.0132 e. The Morgan fingerprint density at radius 3 is 2.47 bits per heavy atom. The molecule has 1 rings (SSSR count). The number of hydrogen-bond donors (Lipinski definition) is 0. The molecule has 83 valence electrons. The Bertz CT molecular complexity index is 304. The molecule has 0 aliphatic heterocycles. The topological polar surface area (TPSA) is 0 Å². The van der Waals surface area contributed by atoms with E-state index in [-0.39, 0.29) is 5.41 Å². The molecule has 1 aromatic rings. The molecule has 0 nitrogen and oxygen atoms in total. The van der Waals surface area contributed by atoms with Crippen molar-refractivity contribution in [1.29, 1.82) is 0 Å². The van der Waals surface area contributed by atoms with Gasteiger partial charge in [0.15, 0.2) is 0 Å². The highest BCUT2D eigenvalue weighted by molar-refractivity contribution is 5.30. The van der Waals surface area contributed by atoms with Crippen LogP contribution >= 0.6 is 0 Å². The summed E-state index contributed by atoms with van der Waals surface area (Å²) in [5, 5.41) is 0. The smallest absolute Gasteiger partial charge is 0.0132 e. The van der Waals surface area contributed by atoms with Gasteiger partial charge in [-0.2, -0.15) is 0 Å². The van der Waals surface area contributed by atoms with Gasteiger partial charge in [-0.3, -0.25) is 0 Å². The van der Waals surface area contributed by atoms with Gasteiger partial charge in [0.2, 0.25) is 0 Å². The molecule has 1 aromatic carbocycles. The number of rotatable bonds is 3. The molecule has 15 heavy (non-hydrogen) atoms. The molecule has 0 heterocycles. The summed E-state index contributed by atoms with van der Waals surface area (Å²) in [4.78, 5) is 0. The van der Waals surface area contributed by atoms with Gasteiger partial charge >= 0.3 is 0 Å². The van der Waals surface area contributed by atoms with Gasteiger partial charge < -0.3 is 0 Å². The predicted octanol–water partition coefficient (Wildman–Crippen LogP) is 4.70. The van der Waals surface area contributed by atoms with Crippen LogP contribution in [0.25, 0.3) is 0 Å². The van der Waals surface area contributed by atoms with E-state index in [1.165, 1.54) is 11.1 Å². The van der Waals surface area contributed by atoms with Crippen LogP contribution in [0.5, 0.6) is 0 Å². The summed E-state index contributed by atoms with van der Waals surface area (Å²) in [7, 11) is 0. The van der Waals surface area contributed by atoms with E-state index in [0.29, 0.717) is 5.92 Å². The van der Waals surface area contributed by atoms with E-state index in [2.05, 4.69) is 65.3 Å². The third-order valence-corrected chi connectivity index (χ3v) is 2.91. The zero-order chi connectivity index (χ0) is 11.5. The summed E-state index contributed by atoms with van der Waals surface area (Å²) in [6, 6.07) is 9.01. The van der Waals surface area contributed by atoms with E-state index in [1.807, 2.05) is 0 Å². The minimum atomic E-state index is 0.256. The van der Waals surface area contributed by atoms with Crippen LogP contribution in [0.1, 0.15) is 58.1 Å². The van der Waals surface area contributed by atoms with Crippen LogP contribution in [-0.4, -0.2) is 0 Å². The lowest BCUT2D eigenvalue weighted by atomic mass is 9.84. The molecular weight excluding hydrogens is 180 g/mol. The van der Waals surface area contributed by atoms with Crippen molar-refractivity contribution >= 4 is 0 Å². The van der Waals surface area contributed by atoms with Crippen molar-refractivity contribution in [2.24, 2.45) is 0 Å². The summed E-state index contributed by atoms with van der Waals surface area (Å²) < 4.78 is 0. The lowest BCUT2D eigenvalue weighted by Crippen LogP contribution is -2.11. The Kier molecular flexibility index (Phi) is 3.96. The maximum absolute atomic E-state index is 2.36. The molecule has 0 aromatic heterocycles. The molecule has 1 atom stereocenters. The highest BCUT2D eigenvalue weighted by Crippen LogP contribution is 2.27. The van der Waals surface area contributed by atoms with Crippen LogP contribution in [-0.2, 0) is 5.41 Å².